The van der Waals surface area contributed by atoms with Gasteiger partial charge >= 0.3 is 0 Å². The van der Waals surface area contributed by atoms with Crippen LogP contribution in [0.25, 0.3) is 11.1 Å². The highest BCUT2D eigenvalue weighted by Gasteiger charge is 2.25. The summed E-state index contributed by atoms with van der Waals surface area (Å²) in [6.07, 6.45) is 9.80. The highest BCUT2D eigenvalue weighted by atomic mass is 16.3. The molecule has 0 N–H and O–H groups in total. The van der Waals surface area contributed by atoms with Gasteiger partial charge in [-0.25, -0.2) is 0 Å². The van der Waals surface area contributed by atoms with E-state index in [-0.39, 0.29) is 0 Å². The summed E-state index contributed by atoms with van der Waals surface area (Å²) in [7, 11) is 0. The Morgan fingerprint density at radius 3 is 2.64 bits per heavy atom. The van der Waals surface area contributed by atoms with Crippen LogP contribution in [-0.4, -0.2) is 24.0 Å². The topological polar surface area (TPSA) is 16.4 Å². The van der Waals surface area contributed by atoms with Crippen molar-refractivity contribution in [2.45, 2.75) is 52.0 Å². The Bertz CT molecular complexity index is 582. The van der Waals surface area contributed by atoms with Crippen LogP contribution in [0.15, 0.2) is 41.2 Å². The van der Waals surface area contributed by atoms with Crippen LogP contribution in [0.4, 0.5) is 0 Å². The van der Waals surface area contributed by atoms with E-state index < -0.39 is 0 Å². The molecule has 118 valence electrons. The van der Waals surface area contributed by atoms with Crippen molar-refractivity contribution in [3.8, 4) is 11.1 Å². The molecule has 2 aromatic rings. The molecule has 0 radical (unpaired) electrons. The number of benzene rings is 1. The molecule has 0 saturated heterocycles. The molecule has 0 amide bonds. The summed E-state index contributed by atoms with van der Waals surface area (Å²) >= 11 is 0. The lowest BCUT2D eigenvalue weighted by molar-refractivity contribution is 0.180. The molecule has 1 aromatic carbocycles. The zero-order valence-corrected chi connectivity index (χ0v) is 13.8. The molecule has 1 aliphatic rings. The van der Waals surface area contributed by atoms with Crippen LogP contribution < -0.4 is 0 Å². The van der Waals surface area contributed by atoms with Crippen LogP contribution in [0.1, 0.15) is 44.2 Å². The first-order valence-electron chi connectivity index (χ1n) is 8.70. The summed E-state index contributed by atoms with van der Waals surface area (Å²) < 4.78 is 5.30. The van der Waals surface area contributed by atoms with Gasteiger partial charge in [-0.1, -0.05) is 32.0 Å². The summed E-state index contributed by atoms with van der Waals surface area (Å²) in [4.78, 5) is 2.70. The molecule has 3 rings (SSSR count). The number of fused-ring (bicyclic) bond motifs is 1. The summed E-state index contributed by atoms with van der Waals surface area (Å²) in [5.41, 5.74) is 5.65. The van der Waals surface area contributed by atoms with E-state index in [0.29, 0.717) is 6.04 Å². The minimum absolute atomic E-state index is 0.695. The van der Waals surface area contributed by atoms with Crippen LogP contribution in [-0.2, 0) is 12.8 Å². The third kappa shape index (κ3) is 3.12. The zero-order valence-electron chi connectivity index (χ0n) is 13.8. The number of hydrogen-bond acceptors (Lipinski definition) is 2. The Kier molecular flexibility index (Phi) is 4.99. The molecule has 0 bridgehead atoms. The minimum atomic E-state index is 0.695. The second kappa shape index (κ2) is 7.15. The maximum absolute atomic E-state index is 5.30. The van der Waals surface area contributed by atoms with E-state index in [2.05, 4.69) is 43.0 Å². The van der Waals surface area contributed by atoms with Crippen molar-refractivity contribution in [3.05, 3.63) is 47.9 Å². The normalized spacial score (nSPS) is 17.7. The molecule has 0 unspecified atom stereocenters. The van der Waals surface area contributed by atoms with Crippen LogP contribution in [0, 0.1) is 0 Å². The largest absolute Gasteiger partial charge is 0.472 e. The van der Waals surface area contributed by atoms with Crippen molar-refractivity contribution in [2.75, 3.05) is 13.1 Å². The van der Waals surface area contributed by atoms with Gasteiger partial charge in [0.05, 0.1) is 12.5 Å². The highest BCUT2D eigenvalue weighted by Crippen LogP contribution is 2.33. The summed E-state index contributed by atoms with van der Waals surface area (Å²) in [5.74, 6) is 0. The fraction of sp³-hybridized carbons (Fsp3) is 0.500. The van der Waals surface area contributed by atoms with Gasteiger partial charge in [-0.15, -0.1) is 0 Å². The quantitative estimate of drug-likeness (QED) is 0.752. The molecule has 1 heterocycles. The third-order valence-corrected chi connectivity index (χ3v) is 4.83. The molecule has 1 atom stereocenters. The Morgan fingerprint density at radius 2 is 1.95 bits per heavy atom. The van der Waals surface area contributed by atoms with Gasteiger partial charge in [-0.05, 0) is 68.0 Å². The second-order valence-corrected chi connectivity index (χ2v) is 6.39. The standard InChI is InChI=1S/C20H27NO/c1-3-11-21(12-4-2)18-9-8-16-6-5-7-19(20(16)14-18)17-10-13-22-15-17/h5-7,10,13,15,18H,3-4,8-9,11-12,14H2,1-2H3/t18-/m1/s1. The van der Waals surface area contributed by atoms with Crippen molar-refractivity contribution in [2.24, 2.45) is 0 Å². The summed E-state index contributed by atoms with van der Waals surface area (Å²) in [6, 6.07) is 9.52. The number of nitrogens with zero attached hydrogens (tertiary/aromatic N) is 1. The van der Waals surface area contributed by atoms with Gasteiger partial charge in [0.2, 0.25) is 0 Å². The first-order valence-corrected chi connectivity index (χ1v) is 8.70. The molecule has 1 aliphatic carbocycles. The molecule has 1 aromatic heterocycles. The average molecular weight is 297 g/mol. The van der Waals surface area contributed by atoms with Gasteiger partial charge in [0, 0.05) is 11.6 Å². The maximum atomic E-state index is 5.30. The fourth-order valence-corrected chi connectivity index (χ4v) is 3.82. The Morgan fingerprint density at radius 1 is 1.14 bits per heavy atom. The summed E-state index contributed by atoms with van der Waals surface area (Å²) in [6.45, 7) is 7.02. The smallest absolute Gasteiger partial charge is 0.0981 e. The lowest BCUT2D eigenvalue weighted by atomic mass is 9.83. The third-order valence-electron chi connectivity index (χ3n) is 4.83. The molecule has 2 nitrogen and oxygen atoms in total. The van der Waals surface area contributed by atoms with E-state index in [0.717, 1.165) is 0 Å². The molecular formula is C20H27NO. The first kappa shape index (κ1) is 15.4. The lowest BCUT2D eigenvalue weighted by Gasteiger charge is -2.35. The van der Waals surface area contributed by atoms with Gasteiger partial charge in [0.1, 0.15) is 0 Å². The molecule has 0 fully saturated rings. The highest BCUT2D eigenvalue weighted by molar-refractivity contribution is 5.68. The second-order valence-electron chi connectivity index (χ2n) is 6.39. The SMILES string of the molecule is CCCN(CCC)[C@@H]1CCc2cccc(-c3ccoc3)c2C1. The van der Waals surface area contributed by atoms with E-state index in [1.807, 2.05) is 6.26 Å². The van der Waals surface area contributed by atoms with Crippen molar-refractivity contribution in [1.29, 1.82) is 0 Å². The van der Waals surface area contributed by atoms with E-state index in [1.54, 1.807) is 6.26 Å². The maximum Gasteiger partial charge on any atom is 0.0981 e. The molecule has 0 saturated carbocycles. The average Bonchev–Trinajstić information content (AvgIpc) is 3.08. The molecule has 2 heteroatoms. The zero-order chi connectivity index (χ0) is 15.4. The lowest BCUT2D eigenvalue weighted by Crippen LogP contribution is -2.40. The number of aryl methyl sites for hydroxylation is 1. The molecule has 0 aliphatic heterocycles. The van der Waals surface area contributed by atoms with Crippen LogP contribution in [0.3, 0.4) is 0 Å². The van der Waals surface area contributed by atoms with Crippen molar-refractivity contribution in [1.82, 2.24) is 4.90 Å². The molecule has 22 heavy (non-hydrogen) atoms. The van der Waals surface area contributed by atoms with E-state index >= 15 is 0 Å². The Hall–Kier alpha value is -1.54. The molecule has 0 spiro atoms. The van der Waals surface area contributed by atoms with Crippen molar-refractivity contribution >= 4 is 0 Å². The molecular weight excluding hydrogens is 270 g/mol. The predicted molar refractivity (Wildman–Crippen MR) is 92.1 cm³/mol. The van der Waals surface area contributed by atoms with Gasteiger partial charge in [0.15, 0.2) is 0 Å². The predicted octanol–water partition coefficient (Wildman–Crippen LogP) is 4.93. The number of rotatable bonds is 6. The number of furan rings is 1. The van der Waals surface area contributed by atoms with E-state index in [9.17, 15) is 0 Å². The van der Waals surface area contributed by atoms with Crippen molar-refractivity contribution < 1.29 is 4.42 Å². The van der Waals surface area contributed by atoms with Crippen LogP contribution >= 0.6 is 0 Å². The van der Waals surface area contributed by atoms with Crippen LogP contribution in [0.2, 0.25) is 0 Å². The Labute approximate surface area is 134 Å². The first-order chi connectivity index (χ1) is 10.8. The van der Waals surface area contributed by atoms with E-state index in [4.69, 9.17) is 4.42 Å². The van der Waals surface area contributed by atoms with Crippen LogP contribution in [0.5, 0.6) is 0 Å². The van der Waals surface area contributed by atoms with E-state index in [1.165, 1.54) is 67.4 Å². The Balaban J connectivity index is 1.88. The fourth-order valence-electron chi connectivity index (χ4n) is 3.82. The van der Waals surface area contributed by atoms with Crippen molar-refractivity contribution in [3.63, 3.8) is 0 Å². The van der Waals surface area contributed by atoms with Gasteiger partial charge in [-0.2, -0.15) is 0 Å². The summed E-state index contributed by atoms with van der Waals surface area (Å²) in [5, 5.41) is 0. The monoisotopic (exact) mass is 297 g/mol. The van der Waals surface area contributed by atoms with Gasteiger partial charge < -0.3 is 9.32 Å². The number of hydrogen-bond donors (Lipinski definition) is 0. The van der Waals surface area contributed by atoms with Gasteiger partial charge in [0.25, 0.3) is 0 Å². The van der Waals surface area contributed by atoms with Gasteiger partial charge in [-0.3, -0.25) is 0 Å². The minimum Gasteiger partial charge on any atom is -0.472 e.